The number of nitrogens with one attached hydrogen (secondary N) is 2. The van der Waals surface area contributed by atoms with Gasteiger partial charge < -0.3 is 20.3 Å². The van der Waals surface area contributed by atoms with Gasteiger partial charge in [0.15, 0.2) is 0 Å². The van der Waals surface area contributed by atoms with Crippen LogP contribution in [0.3, 0.4) is 0 Å². The molecule has 1 aromatic heterocycles. The van der Waals surface area contributed by atoms with E-state index in [-0.39, 0.29) is 11.9 Å². The van der Waals surface area contributed by atoms with E-state index in [1.165, 1.54) is 18.8 Å². The third kappa shape index (κ3) is 11.0. The number of carbonyl (C=O) groups is 2. The number of ether oxygens (including phenoxy) is 1. The van der Waals surface area contributed by atoms with Crippen LogP contribution in [0.4, 0.5) is 30.4 Å². The number of esters is 1. The average molecular weight is 720 g/mol. The summed E-state index contributed by atoms with van der Waals surface area (Å²) < 4.78 is 45.5. The lowest BCUT2D eigenvalue weighted by Gasteiger charge is -2.29. The van der Waals surface area contributed by atoms with E-state index >= 15 is 0 Å². The first kappa shape index (κ1) is 37.7. The maximum atomic E-state index is 13.6. The van der Waals surface area contributed by atoms with Crippen LogP contribution >= 0.6 is 11.8 Å². The molecule has 5 rings (SSSR count). The normalized spacial score (nSPS) is 14.1. The maximum Gasteiger partial charge on any atom is 0.416 e. The Morgan fingerprint density at radius 2 is 1.71 bits per heavy atom. The number of benzene rings is 3. The molecule has 2 N–H and O–H groups in total. The molecule has 2 heterocycles. The highest BCUT2D eigenvalue weighted by molar-refractivity contribution is 7.98. The Labute approximate surface area is 301 Å². The van der Waals surface area contributed by atoms with Crippen LogP contribution in [0.25, 0.3) is 11.3 Å². The smallest absolute Gasteiger partial charge is 0.416 e. The van der Waals surface area contributed by atoms with Crippen LogP contribution in [0.2, 0.25) is 0 Å². The van der Waals surface area contributed by atoms with Gasteiger partial charge in [-0.2, -0.15) is 24.9 Å². The number of alkyl halides is 3. The van der Waals surface area contributed by atoms with E-state index in [1.807, 2.05) is 57.2 Å². The molecule has 3 aromatic carbocycles. The summed E-state index contributed by atoms with van der Waals surface area (Å²) in [5.74, 6) is 1.15. The summed E-state index contributed by atoms with van der Waals surface area (Å²) in [7, 11) is 0. The number of nitrogens with zero attached hydrogens (tertiary/aromatic N) is 3. The highest BCUT2D eigenvalue weighted by Crippen LogP contribution is 2.35. The molecule has 0 aliphatic carbocycles. The molecule has 8 nitrogen and oxygen atoms in total. The van der Waals surface area contributed by atoms with E-state index in [0.717, 1.165) is 49.3 Å². The lowest BCUT2D eigenvalue weighted by molar-refractivity contribution is -0.154. The molecule has 0 saturated carbocycles. The van der Waals surface area contributed by atoms with E-state index in [0.29, 0.717) is 51.8 Å². The number of piperidine rings is 1. The number of hydrogen-bond acceptors (Lipinski definition) is 8. The third-order valence-electron chi connectivity index (χ3n) is 8.32. The number of anilines is 3. The molecule has 1 amide bonds. The van der Waals surface area contributed by atoms with Crippen molar-refractivity contribution in [1.29, 1.82) is 0 Å². The van der Waals surface area contributed by atoms with Crippen molar-refractivity contribution >= 4 is 40.8 Å². The van der Waals surface area contributed by atoms with Gasteiger partial charge >= 0.3 is 12.1 Å². The quantitative estimate of drug-likeness (QED) is 0.110. The predicted molar refractivity (Wildman–Crippen MR) is 198 cm³/mol. The van der Waals surface area contributed by atoms with Gasteiger partial charge in [0.25, 0.3) is 5.91 Å². The number of halogens is 3. The average Bonchev–Trinajstić information content (AvgIpc) is 3.10. The summed E-state index contributed by atoms with van der Waals surface area (Å²) in [6.07, 6.45) is 0.643. The van der Waals surface area contributed by atoms with E-state index in [4.69, 9.17) is 4.74 Å². The monoisotopic (exact) mass is 719 g/mol. The molecule has 0 spiro atoms. The van der Waals surface area contributed by atoms with Gasteiger partial charge in [0, 0.05) is 53.5 Å². The molecule has 270 valence electrons. The Bertz CT molecular complexity index is 1820. The second kappa shape index (κ2) is 16.6. The SMILES string of the molecule is CC(Nc1cc(-c2cc(N3CCCCC3)ccc2NC(=O)c2cccc(CSCCC(=O)OC(C)(C)C)c2)ncn1)c1cccc(C(F)(F)F)c1. The van der Waals surface area contributed by atoms with E-state index in [9.17, 15) is 22.8 Å². The zero-order chi connectivity index (χ0) is 36.6. The lowest BCUT2D eigenvalue weighted by Crippen LogP contribution is -2.29. The molecule has 0 radical (unpaired) electrons. The Kier molecular flexibility index (Phi) is 12.3. The molecule has 12 heteroatoms. The van der Waals surface area contributed by atoms with Crippen LogP contribution in [-0.4, -0.2) is 46.3 Å². The van der Waals surface area contributed by atoms with Crippen LogP contribution in [0, 0.1) is 0 Å². The number of amides is 1. The summed E-state index contributed by atoms with van der Waals surface area (Å²) >= 11 is 1.60. The molecule has 51 heavy (non-hydrogen) atoms. The van der Waals surface area contributed by atoms with Crippen LogP contribution in [0.15, 0.2) is 79.1 Å². The molecule has 1 atom stereocenters. The van der Waals surface area contributed by atoms with Crippen molar-refractivity contribution in [2.24, 2.45) is 0 Å². The number of rotatable bonds is 12. The summed E-state index contributed by atoms with van der Waals surface area (Å²) in [5.41, 5.74) is 3.50. The number of hydrogen-bond donors (Lipinski definition) is 2. The molecular weight excluding hydrogens is 676 g/mol. The van der Waals surface area contributed by atoms with E-state index < -0.39 is 23.4 Å². The summed E-state index contributed by atoms with van der Waals surface area (Å²) in [4.78, 5) is 36.9. The molecule has 1 aliphatic rings. The van der Waals surface area contributed by atoms with Crippen LogP contribution in [0.1, 0.15) is 86.5 Å². The highest BCUT2D eigenvalue weighted by atomic mass is 32.2. The Morgan fingerprint density at radius 1 is 0.941 bits per heavy atom. The number of carbonyl (C=O) groups excluding carboxylic acids is 2. The minimum Gasteiger partial charge on any atom is -0.460 e. The van der Waals surface area contributed by atoms with Crippen LogP contribution < -0.4 is 15.5 Å². The fourth-order valence-corrected chi connectivity index (χ4v) is 6.68. The second-order valence-corrected chi connectivity index (χ2v) is 14.7. The van der Waals surface area contributed by atoms with Crippen molar-refractivity contribution in [1.82, 2.24) is 9.97 Å². The first-order valence-corrected chi connectivity index (χ1v) is 18.3. The Morgan fingerprint density at radius 3 is 2.45 bits per heavy atom. The van der Waals surface area contributed by atoms with Gasteiger partial charge in [-0.15, -0.1) is 0 Å². The first-order valence-electron chi connectivity index (χ1n) is 17.1. The summed E-state index contributed by atoms with van der Waals surface area (Å²) in [6.45, 7) is 9.16. The van der Waals surface area contributed by atoms with Gasteiger partial charge in [-0.25, -0.2) is 9.97 Å². The molecule has 1 saturated heterocycles. The van der Waals surface area contributed by atoms with Crippen molar-refractivity contribution in [2.75, 3.05) is 34.4 Å². The topological polar surface area (TPSA) is 96.5 Å². The van der Waals surface area contributed by atoms with Gasteiger partial charge in [0.05, 0.1) is 23.4 Å². The largest absolute Gasteiger partial charge is 0.460 e. The molecule has 1 aliphatic heterocycles. The fraction of sp³-hybridized carbons (Fsp3) is 0.385. The van der Waals surface area contributed by atoms with Crippen LogP contribution in [-0.2, 0) is 21.5 Å². The van der Waals surface area contributed by atoms with Gasteiger partial charge in [0.2, 0.25) is 0 Å². The van der Waals surface area contributed by atoms with Crippen molar-refractivity contribution in [2.45, 2.75) is 77.0 Å². The zero-order valence-electron chi connectivity index (χ0n) is 29.3. The van der Waals surface area contributed by atoms with Crippen molar-refractivity contribution in [3.8, 4) is 11.3 Å². The minimum atomic E-state index is -4.44. The molecule has 0 bridgehead atoms. The molecule has 4 aromatic rings. The maximum absolute atomic E-state index is 13.6. The van der Waals surface area contributed by atoms with Gasteiger partial charge in [0.1, 0.15) is 17.7 Å². The van der Waals surface area contributed by atoms with E-state index in [2.05, 4.69) is 25.5 Å². The summed E-state index contributed by atoms with van der Waals surface area (Å²) in [6, 6.07) is 19.8. The van der Waals surface area contributed by atoms with E-state index in [1.54, 1.807) is 36.9 Å². The zero-order valence-corrected chi connectivity index (χ0v) is 30.2. The molecular formula is C39H44F3N5O3S. The highest BCUT2D eigenvalue weighted by Gasteiger charge is 2.30. The standard InChI is InChI=1S/C39H44F3N5O3S/c1-26(28-11-9-13-30(21-28)39(40,41)42)45-35-23-34(43-25-44-35)32-22-31(47-17-6-5-7-18-47)14-15-33(32)46-37(49)29-12-8-10-27(20-29)24-51-19-16-36(48)50-38(2,3)4/h8-15,20-23,25-26H,5-7,16-19,24H2,1-4H3,(H,46,49)(H,43,44,45). The predicted octanol–water partition coefficient (Wildman–Crippen LogP) is 9.54. The first-order chi connectivity index (χ1) is 24.2. The summed E-state index contributed by atoms with van der Waals surface area (Å²) in [5, 5.41) is 6.29. The van der Waals surface area contributed by atoms with Crippen LogP contribution in [0.5, 0.6) is 0 Å². The van der Waals surface area contributed by atoms with Crippen molar-refractivity contribution < 1.29 is 27.5 Å². The number of aromatic nitrogens is 2. The molecule has 1 fully saturated rings. The van der Waals surface area contributed by atoms with Gasteiger partial charge in [-0.3, -0.25) is 9.59 Å². The second-order valence-electron chi connectivity index (χ2n) is 13.6. The van der Waals surface area contributed by atoms with Crippen molar-refractivity contribution in [3.05, 3.63) is 101 Å². The molecule has 1 unspecified atom stereocenters. The number of thioether (sulfide) groups is 1. The third-order valence-corrected chi connectivity index (χ3v) is 9.35. The Hall–Kier alpha value is -4.58. The van der Waals surface area contributed by atoms with Crippen molar-refractivity contribution in [3.63, 3.8) is 0 Å². The lowest BCUT2D eigenvalue weighted by atomic mass is 10.0. The Balaban J connectivity index is 1.34. The van der Waals surface area contributed by atoms with Gasteiger partial charge in [-0.1, -0.05) is 24.3 Å². The minimum absolute atomic E-state index is 0.234. The fourth-order valence-electron chi connectivity index (χ4n) is 5.81. The van der Waals surface area contributed by atoms with Gasteiger partial charge in [-0.05, 0) is 101 Å².